The van der Waals surface area contributed by atoms with Gasteiger partial charge in [-0.2, -0.15) is 0 Å². The molecule has 1 aromatic heterocycles. The summed E-state index contributed by atoms with van der Waals surface area (Å²) < 4.78 is 5.58. The highest BCUT2D eigenvalue weighted by atomic mass is 16.5. The number of aromatic nitrogens is 1. The number of rotatable bonds is 6. The van der Waals surface area contributed by atoms with Gasteiger partial charge in [0.05, 0.1) is 23.0 Å². The first kappa shape index (κ1) is 27.7. The predicted octanol–water partition coefficient (Wildman–Crippen LogP) is 3.81. The van der Waals surface area contributed by atoms with E-state index in [1.165, 1.54) is 0 Å². The average Bonchev–Trinajstić information content (AvgIpc) is 3.02. The largest absolute Gasteiger partial charge is 0.426 e. The van der Waals surface area contributed by atoms with Crippen molar-refractivity contribution in [3.8, 4) is 5.75 Å². The van der Waals surface area contributed by atoms with E-state index in [0.29, 0.717) is 50.6 Å². The number of carbonyl (C=O) groups excluding carboxylic acids is 3. The summed E-state index contributed by atoms with van der Waals surface area (Å²) >= 11 is 0. The first-order chi connectivity index (χ1) is 20.5. The Morgan fingerprint density at radius 1 is 0.714 bits per heavy atom. The zero-order valence-electron chi connectivity index (χ0n) is 23.9. The van der Waals surface area contributed by atoms with E-state index in [1.807, 2.05) is 83.6 Å². The molecule has 42 heavy (non-hydrogen) atoms. The fourth-order valence-electron chi connectivity index (χ4n) is 5.75. The Morgan fingerprint density at radius 3 is 2.00 bits per heavy atom. The van der Waals surface area contributed by atoms with E-state index in [1.54, 1.807) is 6.07 Å². The van der Waals surface area contributed by atoms with Crippen LogP contribution in [-0.4, -0.2) is 96.9 Å². The van der Waals surface area contributed by atoms with Gasteiger partial charge in [-0.25, -0.2) is 4.98 Å². The normalized spacial score (nSPS) is 16.2. The Hall–Kier alpha value is -4.50. The molecular weight excluding hydrogens is 530 g/mol. The van der Waals surface area contributed by atoms with Crippen molar-refractivity contribution in [2.75, 3.05) is 64.3 Å². The molecule has 2 aliphatic heterocycles. The summed E-state index contributed by atoms with van der Waals surface area (Å²) in [6, 6.07) is 23.0. The molecule has 216 valence electrons. The Bertz CT molecular complexity index is 1570. The molecular formula is C33H35N5O4. The van der Waals surface area contributed by atoms with Crippen LogP contribution in [0.4, 0.5) is 5.69 Å². The van der Waals surface area contributed by atoms with Crippen LogP contribution >= 0.6 is 0 Å². The molecule has 9 heteroatoms. The fraction of sp³-hybridized carbons (Fsp3) is 0.333. The van der Waals surface area contributed by atoms with Gasteiger partial charge in [0.1, 0.15) is 5.75 Å². The first-order valence-corrected chi connectivity index (χ1v) is 14.5. The molecule has 2 amide bonds. The van der Waals surface area contributed by atoms with Crippen molar-refractivity contribution >= 4 is 45.3 Å². The molecule has 0 saturated carbocycles. The highest BCUT2D eigenvalue weighted by Crippen LogP contribution is 2.28. The van der Waals surface area contributed by atoms with E-state index < -0.39 is 5.97 Å². The van der Waals surface area contributed by atoms with Crippen molar-refractivity contribution < 1.29 is 19.1 Å². The molecule has 0 unspecified atom stereocenters. The lowest BCUT2D eigenvalue weighted by Gasteiger charge is -2.36. The van der Waals surface area contributed by atoms with Crippen LogP contribution in [0.5, 0.6) is 5.75 Å². The summed E-state index contributed by atoms with van der Waals surface area (Å²) in [6.07, 6.45) is 0.203. The second kappa shape index (κ2) is 12.2. The summed E-state index contributed by atoms with van der Waals surface area (Å²) in [5.74, 6) is 0.0480. The monoisotopic (exact) mass is 565 g/mol. The maximum absolute atomic E-state index is 13.9. The molecule has 4 aromatic rings. The number of benzene rings is 3. The number of amides is 2. The van der Waals surface area contributed by atoms with Crippen LogP contribution in [0.2, 0.25) is 0 Å². The van der Waals surface area contributed by atoms with Crippen molar-refractivity contribution in [2.45, 2.75) is 12.8 Å². The average molecular weight is 566 g/mol. The van der Waals surface area contributed by atoms with Crippen LogP contribution in [0.15, 0.2) is 72.8 Å². The number of hydrogen-bond acceptors (Lipinski definition) is 7. The Balaban J connectivity index is 1.07. The molecule has 0 atom stereocenters. The molecule has 0 N–H and O–H groups in total. The predicted molar refractivity (Wildman–Crippen MR) is 163 cm³/mol. The second-order valence-electron chi connectivity index (χ2n) is 11.0. The Labute approximate surface area is 245 Å². The van der Waals surface area contributed by atoms with Gasteiger partial charge in [0, 0.05) is 81.3 Å². The van der Waals surface area contributed by atoms with Crippen LogP contribution in [0.3, 0.4) is 0 Å². The van der Waals surface area contributed by atoms with Gasteiger partial charge >= 0.3 is 5.97 Å². The topological polar surface area (TPSA) is 86.3 Å². The van der Waals surface area contributed by atoms with Crippen LogP contribution < -0.4 is 9.64 Å². The minimum absolute atomic E-state index is 0.00557. The number of fused-ring (bicyclic) bond motifs is 2. The zero-order chi connectivity index (χ0) is 29.1. The lowest BCUT2D eigenvalue weighted by atomic mass is 10.0. The van der Waals surface area contributed by atoms with Crippen LogP contribution in [0.1, 0.15) is 23.2 Å². The van der Waals surface area contributed by atoms with Crippen LogP contribution in [0.25, 0.3) is 21.8 Å². The summed E-state index contributed by atoms with van der Waals surface area (Å²) in [4.78, 5) is 51.7. The number of hydrogen-bond donors (Lipinski definition) is 0. The summed E-state index contributed by atoms with van der Waals surface area (Å²) in [5.41, 5.74) is 3.26. The van der Waals surface area contributed by atoms with Gasteiger partial charge in [-0.05, 0) is 31.3 Å². The minimum Gasteiger partial charge on any atom is -0.426 e. The van der Waals surface area contributed by atoms with Gasteiger partial charge in [0.25, 0.3) is 5.91 Å². The standard InChI is InChI=1S/C33H35N5O4/c1-35-15-17-37(18-16-35)30(39)13-14-31(40)42-25-8-6-7-24(23-25)36-19-21-38(22-20-36)33(41)32-26-9-2-4-11-28(26)34-29-12-5-3-10-27(29)32/h2-12,23H,13-22H2,1H3. The SMILES string of the molecule is CN1CCN(C(=O)CCC(=O)Oc2cccc(N3CCN(C(=O)c4c5ccccc5nc5ccccc45)CC3)c2)CC1. The number of para-hydroxylation sites is 2. The third-order valence-electron chi connectivity index (χ3n) is 8.18. The number of nitrogens with zero attached hydrogens (tertiary/aromatic N) is 5. The van der Waals surface area contributed by atoms with Gasteiger partial charge in [0.2, 0.25) is 5.91 Å². The van der Waals surface area contributed by atoms with E-state index in [-0.39, 0.29) is 24.7 Å². The highest BCUT2D eigenvalue weighted by Gasteiger charge is 2.26. The molecule has 0 spiro atoms. The fourth-order valence-corrected chi connectivity index (χ4v) is 5.75. The molecule has 2 fully saturated rings. The molecule has 9 nitrogen and oxygen atoms in total. The maximum Gasteiger partial charge on any atom is 0.311 e. The highest BCUT2D eigenvalue weighted by molar-refractivity contribution is 6.16. The minimum atomic E-state index is -0.415. The number of carbonyl (C=O) groups is 3. The van der Waals surface area contributed by atoms with Gasteiger partial charge in [-0.15, -0.1) is 0 Å². The lowest BCUT2D eigenvalue weighted by molar-refractivity contribution is -0.139. The van der Waals surface area contributed by atoms with Crippen molar-refractivity contribution in [3.05, 3.63) is 78.4 Å². The van der Waals surface area contributed by atoms with E-state index in [9.17, 15) is 14.4 Å². The van der Waals surface area contributed by atoms with Crippen molar-refractivity contribution in [2.24, 2.45) is 0 Å². The summed E-state index contributed by atoms with van der Waals surface area (Å²) in [5, 5.41) is 1.73. The summed E-state index contributed by atoms with van der Waals surface area (Å²) in [6.45, 7) is 5.55. The Kier molecular flexibility index (Phi) is 8.01. The number of likely N-dealkylation sites (N-methyl/N-ethyl adjacent to an activating group) is 1. The van der Waals surface area contributed by atoms with Crippen LogP contribution in [0, 0.1) is 0 Å². The number of pyridine rings is 1. The lowest BCUT2D eigenvalue weighted by Crippen LogP contribution is -2.48. The van der Waals surface area contributed by atoms with Crippen molar-refractivity contribution in [1.82, 2.24) is 19.7 Å². The second-order valence-corrected chi connectivity index (χ2v) is 11.0. The molecule has 0 aliphatic carbocycles. The van der Waals surface area contributed by atoms with Crippen molar-refractivity contribution in [3.63, 3.8) is 0 Å². The van der Waals surface area contributed by atoms with Gasteiger partial charge in [-0.1, -0.05) is 42.5 Å². The molecule has 3 aromatic carbocycles. The molecule has 6 rings (SSSR count). The van der Waals surface area contributed by atoms with E-state index in [2.05, 4.69) is 9.80 Å². The summed E-state index contributed by atoms with van der Waals surface area (Å²) in [7, 11) is 2.04. The van der Waals surface area contributed by atoms with E-state index in [0.717, 1.165) is 40.6 Å². The maximum atomic E-state index is 13.9. The third-order valence-corrected chi connectivity index (χ3v) is 8.18. The van der Waals surface area contributed by atoms with Gasteiger partial charge in [-0.3, -0.25) is 14.4 Å². The van der Waals surface area contributed by atoms with E-state index >= 15 is 0 Å². The molecule has 2 saturated heterocycles. The molecule has 0 radical (unpaired) electrons. The van der Waals surface area contributed by atoms with Gasteiger partial charge < -0.3 is 24.3 Å². The number of esters is 1. The molecule has 3 heterocycles. The van der Waals surface area contributed by atoms with Crippen molar-refractivity contribution in [1.29, 1.82) is 0 Å². The Morgan fingerprint density at radius 2 is 1.33 bits per heavy atom. The van der Waals surface area contributed by atoms with E-state index in [4.69, 9.17) is 9.72 Å². The first-order valence-electron chi connectivity index (χ1n) is 14.5. The number of piperazine rings is 2. The van der Waals surface area contributed by atoms with Crippen LogP contribution in [-0.2, 0) is 9.59 Å². The smallest absolute Gasteiger partial charge is 0.311 e. The molecule has 0 bridgehead atoms. The number of ether oxygens (including phenoxy) is 1. The quantitative estimate of drug-likeness (QED) is 0.200. The zero-order valence-corrected chi connectivity index (χ0v) is 23.9. The number of anilines is 1. The van der Waals surface area contributed by atoms with Gasteiger partial charge in [0.15, 0.2) is 0 Å². The third kappa shape index (κ3) is 5.92. The molecule has 2 aliphatic rings.